The summed E-state index contributed by atoms with van der Waals surface area (Å²) in [6.07, 6.45) is 0. The first-order chi connectivity index (χ1) is 16.0. The van der Waals surface area contributed by atoms with E-state index in [1.165, 1.54) is 0 Å². The highest BCUT2D eigenvalue weighted by Crippen LogP contribution is 2.33. The molecule has 0 amide bonds. The predicted octanol–water partition coefficient (Wildman–Crippen LogP) is 5.88. The van der Waals surface area contributed by atoms with E-state index in [2.05, 4.69) is 0 Å². The maximum absolute atomic E-state index is 12.8. The molecule has 0 fully saturated rings. The van der Waals surface area contributed by atoms with Gasteiger partial charge in [0.15, 0.2) is 6.79 Å². The van der Waals surface area contributed by atoms with Crippen LogP contribution in [0.25, 0.3) is 22.1 Å². The molecule has 1 aliphatic heterocycles. The molecule has 5 rings (SSSR count). The first-order valence-electron chi connectivity index (χ1n) is 10.4. The summed E-state index contributed by atoms with van der Waals surface area (Å²) in [5, 5.41) is 1.43. The largest absolute Gasteiger partial charge is 0.497 e. The van der Waals surface area contributed by atoms with Crippen molar-refractivity contribution in [2.75, 3.05) is 13.9 Å². The van der Waals surface area contributed by atoms with Crippen LogP contribution in [0, 0.1) is 6.92 Å². The number of fused-ring (bicyclic) bond motifs is 2. The molecule has 0 radical (unpaired) electrons. The molecule has 0 spiro atoms. The van der Waals surface area contributed by atoms with Gasteiger partial charge in [-0.05, 0) is 54.4 Å². The van der Waals surface area contributed by atoms with Crippen LogP contribution in [0.3, 0.4) is 0 Å². The molecule has 168 valence electrons. The zero-order chi connectivity index (χ0) is 22.9. The molecule has 0 saturated carbocycles. The molecule has 1 aliphatic rings. The zero-order valence-corrected chi connectivity index (χ0v) is 18.9. The smallest absolute Gasteiger partial charge is 0.344 e. The Hall–Kier alpha value is -3.48. The van der Waals surface area contributed by atoms with Gasteiger partial charge in [-0.2, -0.15) is 0 Å². The van der Waals surface area contributed by atoms with Gasteiger partial charge in [0.05, 0.1) is 19.3 Å². The third-order valence-corrected chi connectivity index (χ3v) is 5.88. The fourth-order valence-electron chi connectivity index (χ4n) is 4.04. The van der Waals surface area contributed by atoms with E-state index in [4.69, 9.17) is 35.0 Å². The number of rotatable bonds is 5. The molecule has 0 saturated heterocycles. The van der Waals surface area contributed by atoms with E-state index < -0.39 is 5.63 Å². The SMILES string of the molecule is COc1ccc(-c2c(C)c3ccc(OCc4cc(Cl)cc5c4OCOC5)cc3oc2=O)cc1. The Morgan fingerprint density at radius 1 is 1.03 bits per heavy atom. The number of aryl methyl sites for hydroxylation is 1. The lowest BCUT2D eigenvalue weighted by Crippen LogP contribution is -2.14. The summed E-state index contributed by atoms with van der Waals surface area (Å²) in [5.41, 5.74) is 3.93. The van der Waals surface area contributed by atoms with Crippen molar-refractivity contribution in [3.05, 3.63) is 86.7 Å². The van der Waals surface area contributed by atoms with Crippen LogP contribution >= 0.6 is 11.6 Å². The minimum absolute atomic E-state index is 0.193. The van der Waals surface area contributed by atoms with Crippen LogP contribution in [-0.4, -0.2) is 13.9 Å². The molecule has 0 bridgehead atoms. The summed E-state index contributed by atoms with van der Waals surface area (Å²) in [6, 6.07) is 16.5. The van der Waals surface area contributed by atoms with Crippen molar-refractivity contribution in [2.45, 2.75) is 20.1 Å². The van der Waals surface area contributed by atoms with Gasteiger partial charge in [-0.25, -0.2) is 4.79 Å². The Bertz CT molecular complexity index is 1390. The van der Waals surface area contributed by atoms with E-state index in [0.29, 0.717) is 28.5 Å². The topological polar surface area (TPSA) is 67.1 Å². The summed E-state index contributed by atoms with van der Waals surface area (Å²) in [7, 11) is 1.60. The maximum atomic E-state index is 12.8. The Kier molecular flexibility index (Phi) is 5.70. The van der Waals surface area contributed by atoms with E-state index in [-0.39, 0.29) is 13.4 Å². The maximum Gasteiger partial charge on any atom is 0.344 e. The Balaban J connectivity index is 1.45. The summed E-state index contributed by atoms with van der Waals surface area (Å²) in [4.78, 5) is 12.8. The third-order valence-electron chi connectivity index (χ3n) is 5.66. The Morgan fingerprint density at radius 3 is 2.61 bits per heavy atom. The molecular formula is C26H21ClO6. The second-order valence-corrected chi connectivity index (χ2v) is 8.16. The fourth-order valence-corrected chi connectivity index (χ4v) is 4.31. The van der Waals surface area contributed by atoms with Gasteiger partial charge >= 0.3 is 5.63 Å². The van der Waals surface area contributed by atoms with Gasteiger partial charge in [0.1, 0.15) is 29.4 Å². The van der Waals surface area contributed by atoms with Gasteiger partial charge in [-0.3, -0.25) is 0 Å². The Labute approximate surface area is 195 Å². The predicted molar refractivity (Wildman–Crippen MR) is 125 cm³/mol. The van der Waals surface area contributed by atoms with Crippen molar-refractivity contribution < 1.29 is 23.4 Å². The minimum atomic E-state index is -0.403. The minimum Gasteiger partial charge on any atom is -0.497 e. The Morgan fingerprint density at radius 2 is 1.82 bits per heavy atom. The zero-order valence-electron chi connectivity index (χ0n) is 18.1. The first kappa shape index (κ1) is 21.4. The van der Waals surface area contributed by atoms with Gasteiger partial charge in [0, 0.05) is 27.6 Å². The van der Waals surface area contributed by atoms with Gasteiger partial charge in [0.2, 0.25) is 0 Å². The van der Waals surface area contributed by atoms with Crippen LogP contribution < -0.4 is 19.8 Å². The van der Waals surface area contributed by atoms with Crippen molar-refractivity contribution >= 4 is 22.6 Å². The van der Waals surface area contributed by atoms with Gasteiger partial charge in [-0.15, -0.1) is 0 Å². The van der Waals surface area contributed by atoms with Crippen LogP contribution in [0.4, 0.5) is 0 Å². The second kappa shape index (κ2) is 8.81. The first-order valence-corrected chi connectivity index (χ1v) is 10.8. The number of ether oxygens (including phenoxy) is 4. The van der Waals surface area contributed by atoms with Gasteiger partial charge < -0.3 is 23.4 Å². The number of methoxy groups -OCH3 is 1. The van der Waals surface area contributed by atoms with Crippen molar-refractivity contribution in [2.24, 2.45) is 0 Å². The van der Waals surface area contributed by atoms with Crippen molar-refractivity contribution in [1.29, 1.82) is 0 Å². The molecule has 0 atom stereocenters. The van der Waals surface area contributed by atoms with E-state index >= 15 is 0 Å². The van der Waals surface area contributed by atoms with Gasteiger partial charge in [-0.1, -0.05) is 23.7 Å². The molecule has 3 aromatic carbocycles. The average molecular weight is 465 g/mol. The number of benzene rings is 3. The molecule has 0 N–H and O–H groups in total. The highest BCUT2D eigenvalue weighted by molar-refractivity contribution is 6.30. The second-order valence-electron chi connectivity index (χ2n) is 7.73. The van der Waals surface area contributed by atoms with E-state index in [1.807, 2.05) is 55.5 Å². The van der Waals surface area contributed by atoms with Crippen LogP contribution in [-0.2, 0) is 18.0 Å². The number of hydrogen-bond acceptors (Lipinski definition) is 6. The molecule has 0 aliphatic carbocycles. The number of hydrogen-bond donors (Lipinski definition) is 0. The van der Waals surface area contributed by atoms with Crippen LogP contribution in [0.5, 0.6) is 17.2 Å². The lowest BCUT2D eigenvalue weighted by atomic mass is 9.99. The molecular weight excluding hydrogens is 444 g/mol. The normalized spacial score (nSPS) is 12.8. The van der Waals surface area contributed by atoms with Gasteiger partial charge in [0.25, 0.3) is 0 Å². The molecule has 1 aromatic heterocycles. The third kappa shape index (κ3) is 4.15. The van der Waals surface area contributed by atoms with E-state index in [0.717, 1.165) is 39.1 Å². The summed E-state index contributed by atoms with van der Waals surface area (Å²) in [5.74, 6) is 2.03. The monoisotopic (exact) mass is 464 g/mol. The summed E-state index contributed by atoms with van der Waals surface area (Å²) < 4.78 is 27.8. The van der Waals surface area contributed by atoms with Crippen LogP contribution in [0.15, 0.2) is 63.8 Å². The van der Waals surface area contributed by atoms with Crippen LogP contribution in [0.1, 0.15) is 16.7 Å². The molecule has 2 heterocycles. The standard InChI is InChI=1S/C26H21ClO6/c1-15-22-8-7-21(31-13-18-10-19(27)9-17-12-30-14-32-25(17)18)11-23(22)33-26(28)24(15)16-3-5-20(29-2)6-4-16/h3-11H,12-14H2,1-2H3. The molecule has 33 heavy (non-hydrogen) atoms. The molecule has 4 aromatic rings. The van der Waals surface area contributed by atoms with Crippen molar-refractivity contribution in [3.8, 4) is 28.4 Å². The summed E-state index contributed by atoms with van der Waals surface area (Å²) in [6.45, 7) is 2.80. The highest BCUT2D eigenvalue weighted by atomic mass is 35.5. The highest BCUT2D eigenvalue weighted by Gasteiger charge is 2.18. The summed E-state index contributed by atoms with van der Waals surface area (Å²) >= 11 is 6.24. The lowest BCUT2D eigenvalue weighted by Gasteiger charge is -2.21. The number of halogens is 1. The fraction of sp³-hybridized carbons (Fsp3) is 0.192. The van der Waals surface area contributed by atoms with Crippen molar-refractivity contribution in [1.82, 2.24) is 0 Å². The molecule has 0 unspecified atom stereocenters. The van der Waals surface area contributed by atoms with Crippen molar-refractivity contribution in [3.63, 3.8) is 0 Å². The quantitative estimate of drug-likeness (QED) is 0.344. The van der Waals surface area contributed by atoms with E-state index in [9.17, 15) is 4.79 Å². The lowest BCUT2D eigenvalue weighted by molar-refractivity contribution is -0.0175. The average Bonchev–Trinajstić information content (AvgIpc) is 2.82. The van der Waals surface area contributed by atoms with Crippen LogP contribution in [0.2, 0.25) is 5.02 Å². The molecule has 6 nitrogen and oxygen atoms in total. The van der Waals surface area contributed by atoms with E-state index in [1.54, 1.807) is 13.2 Å². The molecule has 7 heteroatoms.